The summed E-state index contributed by atoms with van der Waals surface area (Å²) in [6.07, 6.45) is 0.793. The van der Waals surface area contributed by atoms with Gasteiger partial charge in [0, 0.05) is 118 Å². The number of hydrogen-bond donors (Lipinski definition) is 4. The number of amides is 4. The molecule has 0 saturated heterocycles. The number of hydrogen-bond acceptors (Lipinski definition) is 28. The first-order valence-electron chi connectivity index (χ1n) is 30.4. The maximum atomic E-state index is 13.6. The number of fused-ring (bicyclic) bond motifs is 8. The number of nitrogens with zero attached hydrogens (tertiary/aromatic N) is 10. The third-order valence-electron chi connectivity index (χ3n) is 15.7. The van der Waals surface area contributed by atoms with Crippen molar-refractivity contribution in [2.45, 2.75) is 80.1 Å². The van der Waals surface area contributed by atoms with Gasteiger partial charge in [0.2, 0.25) is 11.8 Å². The van der Waals surface area contributed by atoms with Gasteiger partial charge in [0.25, 0.3) is 11.8 Å². The van der Waals surface area contributed by atoms with Crippen molar-refractivity contribution in [1.82, 2.24) is 71.0 Å². The van der Waals surface area contributed by atoms with E-state index >= 15 is 0 Å². The predicted molar refractivity (Wildman–Crippen MR) is 322 cm³/mol. The zero-order valence-corrected chi connectivity index (χ0v) is 67.8. The van der Waals surface area contributed by atoms with Gasteiger partial charge in [0.1, 0.15) is 0 Å². The molecule has 3 radical (unpaired) electrons. The Morgan fingerprint density at radius 2 is 0.608 bits per heavy atom. The summed E-state index contributed by atoms with van der Waals surface area (Å²) in [5, 5.41) is 91.3. The van der Waals surface area contributed by atoms with Crippen LogP contribution in [-0.2, 0) is 87.4 Å². The summed E-state index contributed by atoms with van der Waals surface area (Å²) in [4.78, 5) is 172. The van der Waals surface area contributed by atoms with Gasteiger partial charge >= 0.3 is 156 Å². The van der Waals surface area contributed by atoms with Gasteiger partial charge in [0.05, 0.1) is 83.6 Å². The summed E-state index contributed by atoms with van der Waals surface area (Å²) in [7, 11) is 0. The molecule has 0 atom stereocenters. The van der Waals surface area contributed by atoms with Crippen LogP contribution in [0.4, 0.5) is 0 Å². The van der Waals surface area contributed by atoms with Crippen molar-refractivity contribution < 1.29 is 267 Å². The average Bonchev–Trinajstić information content (AvgIpc) is 1.62. The molecule has 40 heteroatoms. The molecule has 3 aromatic heterocycles. The van der Waals surface area contributed by atoms with Crippen LogP contribution in [0.15, 0.2) is 24.3 Å². The minimum Gasteiger partial charge on any atom is -1.00 e. The van der Waals surface area contributed by atoms with Crippen LogP contribution in [0.25, 0.3) is 44.4 Å². The summed E-state index contributed by atoms with van der Waals surface area (Å²) >= 11 is 0. The number of carboxylic acids is 8. The average molecular weight is 1790 g/mol. The number of halogens is 1. The van der Waals surface area contributed by atoms with Gasteiger partial charge < -0.3 is 102 Å². The molecule has 4 amide bonds. The fourth-order valence-electron chi connectivity index (χ4n) is 10.9. The zero-order chi connectivity index (χ0) is 71.1. The van der Waals surface area contributed by atoms with Crippen LogP contribution in [0, 0.1) is 93.7 Å². The molecule has 34 nitrogen and oxygen atoms in total. The molecular weight excluding hydrogens is 1710 g/mol. The SMILES string of the molecule is CCC1=C(C)c2cc3[n-]c(cc4[n-]c(cc5nc(cc1n2)C(C)=C5CC)c(C)c4CCC(=O)NNC(=O)CN(CCN(CCN(CC(=O)[O-])CC(=O)[O-])CC(=O)[O-])CC(=O)[O-])c(CCC(=O)NNC(=O)CN(CCN(CCN(CC(=O)[O-])CC(=O)[O-])CC(=O)[O-])CC(=O)[O-])c3C.[Cl-].[Fe+3].[Gd+3].[Gd+3].[Na+].[Na+]. The minimum atomic E-state index is -1.61. The van der Waals surface area contributed by atoms with Crippen LogP contribution < -0.4 is 144 Å². The van der Waals surface area contributed by atoms with Crippen molar-refractivity contribution in [1.29, 1.82) is 0 Å². The standard InChI is InChI=1S/C62H84N14O20.ClH.Fe.2Gd.2Na/c1-7-39-35(3)43-21-44-37(5)41(9-11-51(77)67-69-53(79)25-73(29-57(85)86)17-13-71(27-55(81)82)15-19-75(31-59(89)90)32-60(91)92)49(65-44)24-50-42(38(6)46(66-50)23-48-40(8-2)36(4)45(64-48)22-47(39)63-43)10-12-52(78)68-70-54(80)26-74(30-58(87)88)18-14-72(28-56(83)84)16-20-76(33-61(93)94)34-62(95)96;;;;;;/h21-24H,7-20,25-34H2,1-6H3,(H14,63,64,65,66,67,68,69,70,77,78,79,80,81,82,83,84,85,86,87,88,89,90,91,92,93,94,95,96);1H;;;;;/q;;3*+3;2*+1/p-11. The normalized spacial score (nSPS) is 11.6. The Bertz CT molecular complexity index is 3700. The summed E-state index contributed by atoms with van der Waals surface area (Å²) < 4.78 is 0. The van der Waals surface area contributed by atoms with Crippen LogP contribution in [0.3, 0.4) is 0 Å². The number of aromatic nitrogens is 4. The number of nitrogens with one attached hydrogen (secondary N) is 4. The van der Waals surface area contributed by atoms with E-state index in [9.17, 15) is 98.4 Å². The molecule has 2 aliphatic heterocycles. The number of allylic oxidation sites excluding steroid dienone is 4. The second kappa shape index (κ2) is 49.3. The van der Waals surface area contributed by atoms with Crippen LogP contribution in [0.1, 0.15) is 98.4 Å². The number of rotatable bonds is 40. The van der Waals surface area contributed by atoms with Gasteiger partial charge in [-0.3, -0.25) is 70.3 Å². The van der Waals surface area contributed by atoms with E-state index in [1.54, 1.807) is 6.07 Å². The Kier molecular flexibility index (Phi) is 48.1. The molecular formula is C62H74ClFeGd2N14Na2O20. The van der Waals surface area contributed by atoms with Crippen molar-refractivity contribution >= 4 is 116 Å². The monoisotopic (exact) mass is 1790 g/mol. The van der Waals surface area contributed by atoms with Crippen molar-refractivity contribution in [2.75, 3.05) is 118 Å². The van der Waals surface area contributed by atoms with Crippen molar-refractivity contribution in [2.24, 2.45) is 0 Å². The number of aryl methyl sites for hydroxylation is 4. The maximum Gasteiger partial charge on any atom is 3.00 e. The Balaban J connectivity index is 0. The topological polar surface area (TPSA) is 511 Å². The molecule has 0 unspecified atom stereocenters. The van der Waals surface area contributed by atoms with E-state index in [0.29, 0.717) is 79.9 Å². The van der Waals surface area contributed by atoms with Gasteiger partial charge in [-0.2, -0.15) is 0 Å². The summed E-state index contributed by atoms with van der Waals surface area (Å²) in [5.41, 5.74) is 19.9. The van der Waals surface area contributed by atoms with E-state index in [-0.39, 0.29) is 247 Å². The molecule has 0 spiro atoms. The number of carbonyl (C=O) groups excluding carboxylic acids is 12. The molecule has 5 rings (SSSR count). The summed E-state index contributed by atoms with van der Waals surface area (Å²) in [5.74, 6) is -15.9. The molecule has 3 aromatic rings. The Hall–Kier alpha value is -4.54. The molecule has 102 heavy (non-hydrogen) atoms. The molecule has 4 N–H and O–H groups in total. The van der Waals surface area contributed by atoms with Gasteiger partial charge in [-0.05, 0) is 81.7 Å². The second-order valence-corrected chi connectivity index (χ2v) is 22.8. The fraction of sp³-hybridized carbons (Fsp3) is 0.484. The third kappa shape index (κ3) is 33.5. The van der Waals surface area contributed by atoms with E-state index in [1.165, 1.54) is 9.80 Å². The maximum absolute atomic E-state index is 13.6. The second-order valence-electron chi connectivity index (χ2n) is 22.8. The largest absolute Gasteiger partial charge is 3.00 e. The van der Waals surface area contributed by atoms with E-state index in [2.05, 4.69) is 21.7 Å². The van der Waals surface area contributed by atoms with Crippen molar-refractivity contribution in [3.8, 4) is 0 Å². The van der Waals surface area contributed by atoms with Crippen LogP contribution >= 0.6 is 0 Å². The van der Waals surface area contributed by atoms with E-state index in [4.69, 9.17) is 19.9 Å². The Labute approximate surface area is 712 Å². The van der Waals surface area contributed by atoms with E-state index in [0.717, 1.165) is 41.9 Å². The van der Waals surface area contributed by atoms with Crippen LogP contribution in [0.2, 0.25) is 0 Å². The summed E-state index contributed by atoms with van der Waals surface area (Å²) in [6.45, 7) is 1.81. The minimum absolute atomic E-state index is 0. The first kappa shape index (κ1) is 99.5. The molecule has 2 aliphatic rings. The Morgan fingerprint density at radius 3 is 0.902 bits per heavy atom. The molecule has 0 fully saturated rings. The van der Waals surface area contributed by atoms with Crippen LogP contribution in [0.5, 0.6) is 0 Å². The van der Waals surface area contributed by atoms with Gasteiger partial charge in [-0.25, -0.2) is 9.97 Å². The molecule has 5 heterocycles. The quantitative estimate of drug-likeness (QED) is 0.0303. The van der Waals surface area contributed by atoms with Crippen LogP contribution in [-0.4, -0.2) is 229 Å². The zero-order valence-electron chi connectivity index (χ0n) is 57.4. The first-order valence-corrected chi connectivity index (χ1v) is 30.4. The van der Waals surface area contributed by atoms with Gasteiger partial charge in [-0.1, -0.05) is 54.3 Å². The number of carbonyl (C=O) groups is 12. The van der Waals surface area contributed by atoms with Crippen molar-refractivity contribution in [3.63, 3.8) is 0 Å². The summed E-state index contributed by atoms with van der Waals surface area (Å²) in [6, 6.07) is 7.32. The van der Waals surface area contributed by atoms with E-state index in [1.807, 2.05) is 59.7 Å². The molecule has 545 valence electrons. The smallest absolute Gasteiger partial charge is 1.00 e. The molecule has 0 saturated carbocycles. The van der Waals surface area contributed by atoms with E-state index < -0.39 is 137 Å². The fourth-order valence-corrected chi connectivity index (χ4v) is 10.9. The Morgan fingerprint density at radius 1 is 0.363 bits per heavy atom. The first-order chi connectivity index (χ1) is 45.3. The van der Waals surface area contributed by atoms with Gasteiger partial charge in [-0.15, -0.1) is 22.1 Å². The number of aliphatic carboxylic acids is 8. The molecule has 8 bridgehead atoms. The number of hydrazine groups is 2. The molecule has 0 aromatic carbocycles. The van der Waals surface area contributed by atoms with Gasteiger partial charge in [0.15, 0.2) is 0 Å². The predicted octanol–water partition coefficient (Wildman–Crippen LogP) is -20.1. The molecule has 0 aliphatic carbocycles. The third-order valence-corrected chi connectivity index (χ3v) is 15.7. The van der Waals surface area contributed by atoms with Crippen molar-refractivity contribution in [3.05, 3.63) is 69.3 Å². The number of carboxylic acid groups (broad SMARTS) is 8.